The van der Waals surface area contributed by atoms with Gasteiger partial charge in [-0.1, -0.05) is 11.6 Å². The molecule has 9 heteroatoms. The van der Waals surface area contributed by atoms with E-state index in [4.69, 9.17) is 4.74 Å². The molecule has 30 heavy (non-hydrogen) atoms. The minimum absolute atomic E-state index is 0.149. The fraction of sp³-hybridized carbons (Fsp3) is 0.905. The van der Waals surface area contributed by atoms with Crippen LogP contribution in [0.25, 0.3) is 0 Å². The number of nitrogens with one attached hydrogen (secondary N) is 5. The van der Waals surface area contributed by atoms with Crippen molar-refractivity contribution < 1.29 is 17.9 Å². The Hall–Kier alpha value is -0.710. The van der Waals surface area contributed by atoms with E-state index in [2.05, 4.69) is 33.5 Å². The third-order valence-corrected chi connectivity index (χ3v) is 7.26. The molecule has 0 aromatic carbocycles. The van der Waals surface area contributed by atoms with E-state index in [9.17, 15) is 8.78 Å². The Bertz CT molecular complexity index is 609. The standard InChI is InChI=1S/C21H36F3N5O/c1-11-9-16(25-2)29-21(27-11)28-15-10-13-6-8-30-19(13)17(18(15)22)12-3-4-14(20(23)24)26-7-5-12/h5,11,13-21,25-29H,3-4,6-10H2,1-2H3/t11?,13?,14-,15?,16?,17?,18?,19?,21?/m0/s1. The van der Waals surface area contributed by atoms with Gasteiger partial charge in [-0.15, -0.1) is 0 Å². The second-order valence-electron chi connectivity index (χ2n) is 9.27. The van der Waals surface area contributed by atoms with Gasteiger partial charge in [0.2, 0.25) is 0 Å². The number of ether oxygens (including phenoxy) is 1. The first-order chi connectivity index (χ1) is 14.5. The van der Waals surface area contributed by atoms with Crippen molar-refractivity contribution in [3.63, 3.8) is 0 Å². The van der Waals surface area contributed by atoms with Crippen molar-refractivity contribution in [3.05, 3.63) is 11.6 Å². The Morgan fingerprint density at radius 1 is 1.20 bits per heavy atom. The van der Waals surface area contributed by atoms with Crippen molar-refractivity contribution in [3.8, 4) is 0 Å². The summed E-state index contributed by atoms with van der Waals surface area (Å²) in [6.07, 6.45) is 1.67. The van der Waals surface area contributed by atoms with Crippen molar-refractivity contribution in [2.45, 2.75) is 88.3 Å². The van der Waals surface area contributed by atoms with Crippen molar-refractivity contribution in [2.24, 2.45) is 11.8 Å². The third kappa shape index (κ3) is 4.86. The normalized spacial score (nSPS) is 45.1. The molecular weight excluding hydrogens is 395 g/mol. The molecular formula is C21H36F3N5O. The van der Waals surface area contributed by atoms with Gasteiger partial charge in [-0.2, -0.15) is 0 Å². The van der Waals surface area contributed by atoms with E-state index in [1.54, 1.807) is 0 Å². The van der Waals surface area contributed by atoms with Gasteiger partial charge >= 0.3 is 0 Å². The molecule has 172 valence electrons. The molecule has 0 aromatic heterocycles. The van der Waals surface area contributed by atoms with Crippen LogP contribution >= 0.6 is 0 Å². The number of halogens is 3. The minimum Gasteiger partial charge on any atom is -0.377 e. The molecule has 1 saturated carbocycles. The summed E-state index contributed by atoms with van der Waals surface area (Å²) in [7, 11) is 1.92. The molecule has 4 aliphatic rings. The maximum absolute atomic E-state index is 15.9. The van der Waals surface area contributed by atoms with Crippen LogP contribution in [0.1, 0.15) is 39.0 Å². The van der Waals surface area contributed by atoms with Crippen LogP contribution in [0.2, 0.25) is 0 Å². The van der Waals surface area contributed by atoms with E-state index >= 15 is 4.39 Å². The van der Waals surface area contributed by atoms with Gasteiger partial charge in [0.15, 0.2) is 0 Å². The molecule has 0 radical (unpaired) electrons. The molecule has 8 unspecified atom stereocenters. The fourth-order valence-corrected chi connectivity index (χ4v) is 5.69. The van der Waals surface area contributed by atoms with Crippen LogP contribution in [-0.2, 0) is 4.74 Å². The Morgan fingerprint density at radius 3 is 2.80 bits per heavy atom. The van der Waals surface area contributed by atoms with Gasteiger partial charge in [0.1, 0.15) is 12.5 Å². The second kappa shape index (κ2) is 9.83. The summed E-state index contributed by atoms with van der Waals surface area (Å²) < 4.78 is 48.2. The first-order valence-corrected chi connectivity index (χ1v) is 11.4. The smallest absolute Gasteiger partial charge is 0.253 e. The lowest BCUT2D eigenvalue weighted by molar-refractivity contribution is -0.0264. The first-order valence-electron chi connectivity index (χ1n) is 11.4. The molecule has 6 nitrogen and oxygen atoms in total. The Kier molecular flexibility index (Phi) is 7.37. The summed E-state index contributed by atoms with van der Waals surface area (Å²) in [6, 6.07) is -0.831. The number of fused-ring (bicyclic) bond motifs is 1. The molecule has 3 aliphatic heterocycles. The highest BCUT2D eigenvalue weighted by atomic mass is 19.3. The highest BCUT2D eigenvalue weighted by molar-refractivity contribution is 5.19. The van der Waals surface area contributed by atoms with Crippen LogP contribution in [0.3, 0.4) is 0 Å². The van der Waals surface area contributed by atoms with Crippen LogP contribution < -0.4 is 26.6 Å². The molecule has 4 rings (SSSR count). The summed E-state index contributed by atoms with van der Waals surface area (Å²) in [4.78, 5) is 0. The monoisotopic (exact) mass is 431 g/mol. The first kappa shape index (κ1) is 22.5. The maximum atomic E-state index is 15.9. The zero-order valence-corrected chi connectivity index (χ0v) is 17.8. The van der Waals surface area contributed by atoms with Crippen LogP contribution in [0, 0.1) is 11.8 Å². The average molecular weight is 432 g/mol. The summed E-state index contributed by atoms with van der Waals surface area (Å²) >= 11 is 0. The van der Waals surface area contributed by atoms with Gasteiger partial charge in [0.25, 0.3) is 6.43 Å². The largest absolute Gasteiger partial charge is 0.377 e. The van der Waals surface area contributed by atoms with Gasteiger partial charge in [0.05, 0.1) is 18.3 Å². The minimum atomic E-state index is -2.40. The molecule has 0 bridgehead atoms. The quantitative estimate of drug-likeness (QED) is 0.425. The van der Waals surface area contributed by atoms with Crippen molar-refractivity contribution in [1.29, 1.82) is 0 Å². The number of hydrogen-bond acceptors (Lipinski definition) is 6. The van der Waals surface area contributed by atoms with E-state index in [0.29, 0.717) is 38.0 Å². The van der Waals surface area contributed by atoms with Gasteiger partial charge in [-0.25, -0.2) is 13.2 Å². The Balaban J connectivity index is 1.47. The Morgan fingerprint density at radius 2 is 2.03 bits per heavy atom. The van der Waals surface area contributed by atoms with Gasteiger partial charge in [-0.05, 0) is 52.0 Å². The van der Waals surface area contributed by atoms with E-state index < -0.39 is 18.6 Å². The number of alkyl halides is 3. The van der Waals surface area contributed by atoms with E-state index in [1.165, 1.54) is 0 Å². The van der Waals surface area contributed by atoms with E-state index in [-0.39, 0.29) is 30.5 Å². The molecule has 0 amide bonds. The zero-order valence-electron chi connectivity index (χ0n) is 17.8. The molecule has 0 aromatic rings. The van der Waals surface area contributed by atoms with Gasteiger partial charge in [0, 0.05) is 31.2 Å². The lowest BCUT2D eigenvalue weighted by Gasteiger charge is -2.45. The number of rotatable bonds is 5. The summed E-state index contributed by atoms with van der Waals surface area (Å²) in [6.45, 7) is 3.13. The number of hydrogen-bond donors (Lipinski definition) is 5. The molecule has 9 atom stereocenters. The fourth-order valence-electron chi connectivity index (χ4n) is 5.69. The summed E-state index contributed by atoms with van der Waals surface area (Å²) in [5, 5.41) is 16.5. The van der Waals surface area contributed by atoms with Crippen LogP contribution in [0.5, 0.6) is 0 Å². The topological polar surface area (TPSA) is 69.4 Å². The van der Waals surface area contributed by atoms with E-state index in [0.717, 1.165) is 24.8 Å². The summed E-state index contributed by atoms with van der Waals surface area (Å²) in [5.74, 6) is -0.0771. The lowest BCUT2D eigenvalue weighted by atomic mass is 9.70. The van der Waals surface area contributed by atoms with Crippen molar-refractivity contribution >= 4 is 0 Å². The zero-order chi connectivity index (χ0) is 21.3. The average Bonchev–Trinajstić information content (AvgIpc) is 3.02. The van der Waals surface area contributed by atoms with Crippen LogP contribution in [0.15, 0.2) is 11.6 Å². The molecule has 5 N–H and O–H groups in total. The van der Waals surface area contributed by atoms with Gasteiger partial charge < -0.3 is 15.4 Å². The van der Waals surface area contributed by atoms with Crippen LogP contribution in [0.4, 0.5) is 13.2 Å². The lowest BCUT2D eigenvalue weighted by Crippen LogP contribution is -2.69. The van der Waals surface area contributed by atoms with Crippen molar-refractivity contribution in [2.75, 3.05) is 20.2 Å². The SMILES string of the molecule is CNC1CC(C)NC(NC2CC3CCOC3C(C3=CCN[C@H](C(F)F)CC3)C2F)N1. The molecule has 0 spiro atoms. The second-order valence-corrected chi connectivity index (χ2v) is 9.27. The molecule has 2 saturated heterocycles. The highest BCUT2D eigenvalue weighted by Gasteiger charge is 2.50. The highest BCUT2D eigenvalue weighted by Crippen LogP contribution is 2.44. The van der Waals surface area contributed by atoms with Crippen molar-refractivity contribution in [1.82, 2.24) is 26.6 Å². The summed E-state index contributed by atoms with van der Waals surface area (Å²) in [5.41, 5.74) is 0.938. The van der Waals surface area contributed by atoms with Crippen LogP contribution in [-0.4, -0.2) is 69.5 Å². The van der Waals surface area contributed by atoms with Gasteiger partial charge in [-0.3, -0.25) is 16.0 Å². The Labute approximate surface area is 177 Å². The predicted octanol–water partition coefficient (Wildman–Crippen LogP) is 1.45. The molecule has 3 heterocycles. The van der Waals surface area contributed by atoms with E-state index in [1.807, 2.05) is 13.1 Å². The molecule has 1 aliphatic carbocycles. The molecule has 3 fully saturated rings. The third-order valence-electron chi connectivity index (χ3n) is 7.26. The maximum Gasteiger partial charge on any atom is 0.253 e. The predicted molar refractivity (Wildman–Crippen MR) is 110 cm³/mol.